The molecule has 0 radical (unpaired) electrons. The number of hydrogen-bond donors (Lipinski definition) is 5. The number of alkyl halides is 3. The molecule has 44 heavy (non-hydrogen) atoms. The zero-order chi connectivity index (χ0) is 32.9. The van der Waals surface area contributed by atoms with Crippen LogP contribution >= 0.6 is 9.24 Å². The molecule has 3 aliphatic rings. The van der Waals surface area contributed by atoms with Gasteiger partial charge in [0.15, 0.2) is 24.0 Å². The zero-order valence-electron chi connectivity index (χ0n) is 24.2. The van der Waals surface area contributed by atoms with Crippen LogP contribution in [0.15, 0.2) is 18.2 Å². The second-order valence-corrected chi connectivity index (χ2v) is 11.6. The number of ether oxygens (including phenoxy) is 4. The van der Waals surface area contributed by atoms with Crippen molar-refractivity contribution in [2.24, 2.45) is 5.92 Å². The molecule has 1 saturated heterocycles. The van der Waals surface area contributed by atoms with Gasteiger partial charge in [-0.05, 0) is 32.3 Å². The number of aliphatic hydroxyl groups excluding tert-OH is 3. The average Bonchev–Trinajstić information content (AvgIpc) is 3.00. The Morgan fingerprint density at radius 1 is 0.909 bits per heavy atom. The van der Waals surface area contributed by atoms with E-state index in [1.807, 2.05) is 16.2 Å². The maximum atomic E-state index is 13.3. The third kappa shape index (κ3) is 5.68. The lowest BCUT2D eigenvalue weighted by Gasteiger charge is -2.39. The van der Waals surface area contributed by atoms with Crippen molar-refractivity contribution in [1.82, 2.24) is 0 Å². The van der Waals surface area contributed by atoms with E-state index in [-0.39, 0.29) is 45.4 Å². The zero-order valence-corrected chi connectivity index (χ0v) is 25.4. The molecular formula is C29H34F3O11P. The van der Waals surface area contributed by atoms with Gasteiger partial charge in [-0.3, -0.25) is 9.59 Å². The third-order valence-corrected chi connectivity index (χ3v) is 9.29. The Balaban J connectivity index is 0.000000265. The highest BCUT2D eigenvalue weighted by Crippen LogP contribution is 2.49. The summed E-state index contributed by atoms with van der Waals surface area (Å²) in [4.78, 5) is 26.5. The monoisotopic (exact) mass is 646 g/mol. The number of rotatable bonds is 4. The average molecular weight is 647 g/mol. The number of benzene rings is 2. The number of halogens is 3. The van der Waals surface area contributed by atoms with Gasteiger partial charge in [0.2, 0.25) is 5.78 Å². The number of phenolic OH excluding ortho intramolecular Hbond substituents is 2. The van der Waals surface area contributed by atoms with E-state index < -0.39 is 53.8 Å². The van der Waals surface area contributed by atoms with Crippen molar-refractivity contribution in [1.29, 1.82) is 0 Å². The molecule has 1 heterocycles. The summed E-state index contributed by atoms with van der Waals surface area (Å²) in [6.45, 7) is 1.81. The Morgan fingerprint density at radius 3 is 2.07 bits per heavy atom. The maximum Gasteiger partial charge on any atom is 0.417 e. The fraction of sp³-hybridized carbons (Fsp3) is 0.517. The van der Waals surface area contributed by atoms with E-state index in [4.69, 9.17) is 29.5 Å². The van der Waals surface area contributed by atoms with Crippen LogP contribution in [0.25, 0.3) is 0 Å². The van der Waals surface area contributed by atoms with Crippen LogP contribution in [0.2, 0.25) is 0 Å². The van der Waals surface area contributed by atoms with Gasteiger partial charge in [-0.2, -0.15) is 13.2 Å². The summed E-state index contributed by atoms with van der Waals surface area (Å²) >= 11 is 0. The van der Waals surface area contributed by atoms with E-state index in [1.165, 1.54) is 13.2 Å². The Labute approximate surface area is 252 Å². The van der Waals surface area contributed by atoms with Crippen molar-refractivity contribution in [3.8, 4) is 17.2 Å². The van der Waals surface area contributed by atoms with Gasteiger partial charge in [0.1, 0.15) is 23.4 Å². The van der Waals surface area contributed by atoms with E-state index in [1.54, 1.807) is 26.4 Å². The third-order valence-electron chi connectivity index (χ3n) is 8.57. The molecular weight excluding hydrogens is 612 g/mol. The molecule has 5 rings (SSSR count). The van der Waals surface area contributed by atoms with Gasteiger partial charge in [0.25, 0.3) is 0 Å². The summed E-state index contributed by atoms with van der Waals surface area (Å²) in [6.07, 6.45) is -11.5. The van der Waals surface area contributed by atoms with E-state index in [0.29, 0.717) is 30.4 Å². The van der Waals surface area contributed by atoms with Crippen molar-refractivity contribution in [2.75, 3.05) is 21.3 Å². The fourth-order valence-corrected chi connectivity index (χ4v) is 6.16. The van der Waals surface area contributed by atoms with Gasteiger partial charge in [-0.1, -0.05) is 12.1 Å². The van der Waals surface area contributed by atoms with E-state index in [0.717, 1.165) is 0 Å². The van der Waals surface area contributed by atoms with Crippen LogP contribution in [0.3, 0.4) is 0 Å². The van der Waals surface area contributed by atoms with Crippen molar-refractivity contribution in [3.63, 3.8) is 0 Å². The number of carbonyl (C=O) groups excluding carboxylic acids is 2. The second-order valence-electron chi connectivity index (χ2n) is 10.9. The molecule has 0 bridgehead atoms. The quantitative estimate of drug-likeness (QED) is 0.160. The second kappa shape index (κ2) is 12.5. The molecule has 2 aliphatic carbocycles. The first-order valence-electron chi connectivity index (χ1n) is 13.5. The van der Waals surface area contributed by atoms with Crippen molar-refractivity contribution < 1.29 is 67.2 Å². The predicted octanol–water partition coefficient (Wildman–Crippen LogP) is 2.23. The number of phenols is 2. The van der Waals surface area contributed by atoms with E-state index in [2.05, 4.69) is 4.74 Å². The van der Waals surface area contributed by atoms with Gasteiger partial charge in [0.05, 0.1) is 35.6 Å². The van der Waals surface area contributed by atoms with Gasteiger partial charge in [-0.15, -0.1) is 9.24 Å². The molecule has 2 aromatic rings. The van der Waals surface area contributed by atoms with Crippen LogP contribution in [0.5, 0.6) is 17.2 Å². The number of carbonyl (C=O) groups is 2. The van der Waals surface area contributed by atoms with Crippen LogP contribution in [0.1, 0.15) is 56.3 Å². The van der Waals surface area contributed by atoms with Crippen LogP contribution in [-0.2, 0) is 27.1 Å². The molecule has 0 aromatic heterocycles. The van der Waals surface area contributed by atoms with E-state index >= 15 is 0 Å². The Bertz CT molecular complexity index is 1440. The number of fused-ring (bicyclic) bond motifs is 3. The molecule has 1 aliphatic heterocycles. The number of hydrogen-bond acceptors (Lipinski definition) is 11. The summed E-state index contributed by atoms with van der Waals surface area (Å²) < 4.78 is 56.9. The maximum absolute atomic E-state index is 13.3. The standard InChI is InChI=1S/C23H24O7.C6H10F3O4P/c1-23(29-3,30-4)11-8-9-12-14(10-11)21(26)17-18(19(12)24)22(27)16-13(20(17)25)6-5-7-15(16)28-2;7-6(8,9)4-2(11)1(10)3(14)5(12)13-4/h5-7,11,24,26H,8-10H2,1-4H3;1-5,10-12H,14H2. The lowest BCUT2D eigenvalue weighted by molar-refractivity contribution is -0.317. The lowest BCUT2D eigenvalue weighted by Crippen LogP contribution is -2.59. The smallest absolute Gasteiger partial charge is 0.417 e. The first-order valence-corrected chi connectivity index (χ1v) is 14.2. The minimum atomic E-state index is -4.81. The molecule has 2 aromatic carbocycles. The summed E-state index contributed by atoms with van der Waals surface area (Å²) in [5.41, 5.74) is -0.169. The predicted molar refractivity (Wildman–Crippen MR) is 150 cm³/mol. The summed E-state index contributed by atoms with van der Waals surface area (Å²) in [5.74, 6) is -2.29. The Kier molecular flexibility index (Phi) is 9.68. The molecule has 11 nitrogen and oxygen atoms in total. The highest BCUT2D eigenvalue weighted by molar-refractivity contribution is 7.17. The van der Waals surface area contributed by atoms with E-state index in [9.17, 15) is 33.0 Å². The molecule has 0 saturated carbocycles. The lowest BCUT2D eigenvalue weighted by atomic mass is 9.74. The SMILES string of the molecule is COc1cccc2c1C(=O)c1c(O)c3c(c(O)c1C2=O)CC(C(C)(OC)OC)CC3.OC1OC(C(F)(F)F)C(O)C(O)C1P. The summed E-state index contributed by atoms with van der Waals surface area (Å²) in [6, 6.07) is 4.72. The van der Waals surface area contributed by atoms with Gasteiger partial charge in [-0.25, -0.2) is 0 Å². The van der Waals surface area contributed by atoms with Crippen LogP contribution < -0.4 is 4.74 Å². The molecule has 15 heteroatoms. The number of ketones is 2. The summed E-state index contributed by atoms with van der Waals surface area (Å²) in [7, 11) is 6.43. The highest BCUT2D eigenvalue weighted by atomic mass is 31.0. The van der Waals surface area contributed by atoms with Crippen LogP contribution in [-0.4, -0.2) is 101 Å². The molecule has 0 spiro atoms. The van der Waals surface area contributed by atoms with Crippen molar-refractivity contribution in [3.05, 3.63) is 51.6 Å². The highest BCUT2D eigenvalue weighted by Gasteiger charge is 2.54. The molecule has 1 fully saturated rings. The van der Waals surface area contributed by atoms with Crippen molar-refractivity contribution >= 4 is 20.8 Å². The molecule has 0 amide bonds. The van der Waals surface area contributed by atoms with Crippen molar-refractivity contribution in [2.45, 2.75) is 68.4 Å². The van der Waals surface area contributed by atoms with Gasteiger partial charge >= 0.3 is 6.18 Å². The molecule has 7 unspecified atom stereocenters. The summed E-state index contributed by atoms with van der Waals surface area (Å²) in [5, 5.41) is 49.2. The minimum Gasteiger partial charge on any atom is -0.507 e. The van der Waals surface area contributed by atoms with Gasteiger partial charge in [0, 0.05) is 36.8 Å². The fourth-order valence-electron chi connectivity index (χ4n) is 5.84. The normalized spacial score (nSPS) is 26.6. The molecule has 5 N–H and O–H groups in total. The Morgan fingerprint density at radius 2 is 1.50 bits per heavy atom. The molecule has 7 atom stereocenters. The minimum absolute atomic E-state index is 0.104. The number of methoxy groups -OCH3 is 3. The topological polar surface area (TPSA) is 172 Å². The largest absolute Gasteiger partial charge is 0.507 e. The van der Waals surface area contributed by atoms with Crippen LogP contribution in [0.4, 0.5) is 13.2 Å². The Hall–Kier alpha value is -2.84. The van der Waals surface area contributed by atoms with Gasteiger partial charge < -0.3 is 44.5 Å². The number of aromatic hydroxyl groups is 2. The number of aliphatic hydroxyl groups is 3. The first kappa shape index (κ1) is 34.0. The first-order chi connectivity index (χ1) is 20.5. The molecule has 242 valence electrons. The van der Waals surface area contributed by atoms with Crippen LogP contribution in [0, 0.1) is 5.92 Å².